The topological polar surface area (TPSA) is 23.6 Å². The maximum atomic E-state index is 12.1. The average molecular weight is 246 g/mol. The molecule has 2 rings (SSSR count). The first-order chi connectivity index (χ1) is 8.65. The van der Waals surface area contributed by atoms with Gasteiger partial charge in [-0.05, 0) is 19.5 Å². The van der Waals surface area contributed by atoms with E-state index in [-0.39, 0.29) is 0 Å². The number of hydrogen-bond donors (Lipinski definition) is 0. The summed E-state index contributed by atoms with van der Waals surface area (Å²) in [7, 11) is 2.14. The third kappa shape index (κ3) is 3.65. The van der Waals surface area contributed by atoms with Crippen molar-refractivity contribution < 1.29 is 4.79 Å². The molecule has 0 radical (unpaired) electrons. The lowest BCUT2D eigenvalue weighted by molar-refractivity contribution is -0.120. The zero-order valence-corrected chi connectivity index (χ0v) is 11.3. The molecule has 0 saturated carbocycles. The van der Waals surface area contributed by atoms with Crippen LogP contribution in [0.5, 0.6) is 0 Å². The van der Waals surface area contributed by atoms with Crippen molar-refractivity contribution in [2.75, 3.05) is 33.2 Å². The number of Topliss-reactive ketones (excluding diaryl/α,β-unsaturated/α-hetero) is 1. The first kappa shape index (κ1) is 13.2. The molecule has 0 aromatic heterocycles. The molecular formula is C15H22N2O. The first-order valence-corrected chi connectivity index (χ1v) is 6.63. The monoisotopic (exact) mass is 246 g/mol. The molecule has 98 valence electrons. The Kier molecular flexibility index (Phi) is 4.50. The highest BCUT2D eigenvalue weighted by atomic mass is 16.1. The standard InChI is InChI=1S/C15H22N2O/c1-13-11-16(2)8-9-17(13)12-15(18)10-14-6-4-3-5-7-14/h3-7,13H,8-12H2,1-2H3. The number of nitrogens with zero attached hydrogens (tertiary/aromatic N) is 2. The molecule has 0 N–H and O–H groups in total. The predicted octanol–water partition coefficient (Wildman–Crippen LogP) is 1.43. The van der Waals surface area contributed by atoms with Crippen LogP contribution in [0.25, 0.3) is 0 Å². The van der Waals surface area contributed by atoms with Gasteiger partial charge in [0, 0.05) is 32.1 Å². The second-order valence-corrected chi connectivity index (χ2v) is 5.28. The summed E-state index contributed by atoms with van der Waals surface area (Å²) in [6.45, 7) is 5.90. The minimum atomic E-state index is 0.317. The summed E-state index contributed by atoms with van der Waals surface area (Å²) < 4.78 is 0. The van der Waals surface area contributed by atoms with Crippen LogP contribution in [0.3, 0.4) is 0 Å². The van der Waals surface area contributed by atoms with E-state index in [1.165, 1.54) is 0 Å². The highest BCUT2D eigenvalue weighted by molar-refractivity contribution is 5.82. The summed E-state index contributed by atoms with van der Waals surface area (Å²) in [4.78, 5) is 16.7. The van der Waals surface area contributed by atoms with E-state index in [0.29, 0.717) is 24.8 Å². The van der Waals surface area contributed by atoms with Crippen LogP contribution in [0.15, 0.2) is 30.3 Å². The van der Waals surface area contributed by atoms with Gasteiger partial charge in [0.2, 0.25) is 0 Å². The Morgan fingerprint density at radius 3 is 2.67 bits per heavy atom. The summed E-state index contributed by atoms with van der Waals surface area (Å²) in [5.41, 5.74) is 1.12. The Morgan fingerprint density at radius 2 is 2.00 bits per heavy atom. The summed E-state index contributed by atoms with van der Waals surface area (Å²) >= 11 is 0. The van der Waals surface area contributed by atoms with Gasteiger partial charge in [0.15, 0.2) is 5.78 Å². The Hall–Kier alpha value is -1.19. The van der Waals surface area contributed by atoms with Crippen molar-refractivity contribution in [3.63, 3.8) is 0 Å². The average Bonchev–Trinajstić information content (AvgIpc) is 2.34. The smallest absolute Gasteiger partial charge is 0.151 e. The van der Waals surface area contributed by atoms with Crippen molar-refractivity contribution in [1.29, 1.82) is 0 Å². The molecule has 0 aliphatic carbocycles. The number of likely N-dealkylation sites (N-methyl/N-ethyl adjacent to an activating group) is 1. The third-order valence-corrected chi connectivity index (χ3v) is 3.59. The summed E-state index contributed by atoms with van der Waals surface area (Å²) in [6, 6.07) is 10.5. The molecule has 1 aromatic rings. The minimum Gasteiger partial charge on any atom is -0.304 e. The molecule has 1 aliphatic rings. The van der Waals surface area contributed by atoms with E-state index >= 15 is 0 Å². The van der Waals surface area contributed by atoms with Gasteiger partial charge in [0.25, 0.3) is 0 Å². The molecule has 1 fully saturated rings. The van der Waals surface area contributed by atoms with E-state index in [9.17, 15) is 4.79 Å². The molecule has 1 saturated heterocycles. The zero-order chi connectivity index (χ0) is 13.0. The zero-order valence-electron chi connectivity index (χ0n) is 11.3. The SMILES string of the molecule is CC1CN(C)CCN1CC(=O)Cc1ccccc1. The molecular weight excluding hydrogens is 224 g/mol. The number of rotatable bonds is 4. The molecule has 18 heavy (non-hydrogen) atoms. The second kappa shape index (κ2) is 6.12. The molecule has 1 unspecified atom stereocenters. The van der Waals surface area contributed by atoms with E-state index in [1.807, 2.05) is 30.3 Å². The van der Waals surface area contributed by atoms with Crippen molar-refractivity contribution >= 4 is 5.78 Å². The fraction of sp³-hybridized carbons (Fsp3) is 0.533. The number of benzene rings is 1. The van der Waals surface area contributed by atoms with Crippen LogP contribution in [-0.4, -0.2) is 54.9 Å². The summed E-state index contributed by atoms with van der Waals surface area (Å²) in [5.74, 6) is 0.317. The maximum Gasteiger partial charge on any atom is 0.151 e. The largest absolute Gasteiger partial charge is 0.304 e. The van der Waals surface area contributed by atoms with Crippen LogP contribution in [0.2, 0.25) is 0 Å². The van der Waals surface area contributed by atoms with Gasteiger partial charge in [-0.25, -0.2) is 0 Å². The van der Waals surface area contributed by atoms with E-state index < -0.39 is 0 Å². The fourth-order valence-electron chi connectivity index (χ4n) is 2.52. The lowest BCUT2D eigenvalue weighted by Gasteiger charge is -2.37. The molecule has 1 heterocycles. The Labute approximate surface area is 109 Å². The highest BCUT2D eigenvalue weighted by Crippen LogP contribution is 2.08. The van der Waals surface area contributed by atoms with Gasteiger partial charge in [0.1, 0.15) is 0 Å². The quantitative estimate of drug-likeness (QED) is 0.803. The van der Waals surface area contributed by atoms with Gasteiger partial charge in [-0.3, -0.25) is 9.69 Å². The van der Waals surface area contributed by atoms with Crippen molar-refractivity contribution in [1.82, 2.24) is 9.80 Å². The van der Waals surface area contributed by atoms with Crippen LogP contribution in [0, 0.1) is 0 Å². The van der Waals surface area contributed by atoms with Crippen LogP contribution in [0.1, 0.15) is 12.5 Å². The van der Waals surface area contributed by atoms with Gasteiger partial charge in [-0.2, -0.15) is 0 Å². The number of hydrogen-bond acceptors (Lipinski definition) is 3. The Balaban J connectivity index is 1.84. The molecule has 3 nitrogen and oxygen atoms in total. The molecule has 1 aliphatic heterocycles. The van der Waals surface area contributed by atoms with Gasteiger partial charge in [-0.15, -0.1) is 0 Å². The lowest BCUT2D eigenvalue weighted by atomic mass is 10.1. The number of piperazine rings is 1. The van der Waals surface area contributed by atoms with Crippen LogP contribution >= 0.6 is 0 Å². The molecule has 3 heteroatoms. The lowest BCUT2D eigenvalue weighted by Crippen LogP contribution is -2.51. The highest BCUT2D eigenvalue weighted by Gasteiger charge is 2.22. The predicted molar refractivity (Wildman–Crippen MR) is 73.7 cm³/mol. The van der Waals surface area contributed by atoms with Crippen molar-refractivity contribution in [2.24, 2.45) is 0 Å². The van der Waals surface area contributed by atoms with Gasteiger partial charge < -0.3 is 4.90 Å². The Morgan fingerprint density at radius 1 is 1.28 bits per heavy atom. The third-order valence-electron chi connectivity index (χ3n) is 3.59. The summed E-state index contributed by atoms with van der Waals surface area (Å²) in [5, 5.41) is 0. The minimum absolute atomic E-state index is 0.317. The molecule has 0 spiro atoms. The number of carbonyl (C=O) groups excluding carboxylic acids is 1. The van der Waals surface area contributed by atoms with Crippen molar-refractivity contribution in [3.05, 3.63) is 35.9 Å². The Bertz CT molecular complexity index is 391. The number of ketones is 1. The van der Waals surface area contributed by atoms with Crippen LogP contribution in [-0.2, 0) is 11.2 Å². The van der Waals surface area contributed by atoms with E-state index in [1.54, 1.807) is 0 Å². The molecule has 1 atom stereocenters. The number of carbonyl (C=O) groups is 1. The maximum absolute atomic E-state index is 12.1. The molecule has 0 amide bonds. The van der Waals surface area contributed by atoms with E-state index in [0.717, 1.165) is 25.2 Å². The van der Waals surface area contributed by atoms with Crippen molar-refractivity contribution in [3.8, 4) is 0 Å². The van der Waals surface area contributed by atoms with Crippen LogP contribution in [0.4, 0.5) is 0 Å². The first-order valence-electron chi connectivity index (χ1n) is 6.63. The van der Waals surface area contributed by atoms with Gasteiger partial charge in [-0.1, -0.05) is 30.3 Å². The summed E-state index contributed by atoms with van der Waals surface area (Å²) in [6.07, 6.45) is 0.555. The van der Waals surface area contributed by atoms with E-state index in [4.69, 9.17) is 0 Å². The van der Waals surface area contributed by atoms with Gasteiger partial charge in [0.05, 0.1) is 6.54 Å². The second-order valence-electron chi connectivity index (χ2n) is 5.28. The van der Waals surface area contributed by atoms with Gasteiger partial charge >= 0.3 is 0 Å². The molecule has 1 aromatic carbocycles. The van der Waals surface area contributed by atoms with Crippen molar-refractivity contribution in [2.45, 2.75) is 19.4 Å². The van der Waals surface area contributed by atoms with E-state index in [2.05, 4.69) is 23.8 Å². The van der Waals surface area contributed by atoms with Crippen LogP contribution < -0.4 is 0 Å². The fourth-order valence-corrected chi connectivity index (χ4v) is 2.52. The normalized spacial score (nSPS) is 22.0. The molecule has 0 bridgehead atoms.